The molecule has 0 atom stereocenters. The van der Waals surface area contributed by atoms with E-state index in [1.807, 2.05) is 54.6 Å². The highest BCUT2D eigenvalue weighted by atomic mass is 35.5. The topological polar surface area (TPSA) is 231 Å². The number of carbonyl (C=O) groups excluding carboxylic acids is 6. The summed E-state index contributed by atoms with van der Waals surface area (Å²) in [5.74, 6) is -0.0801. The maximum absolute atomic E-state index is 12.1. The first-order valence-corrected chi connectivity index (χ1v) is 22.5. The highest BCUT2D eigenvalue weighted by Gasteiger charge is 2.32. The van der Waals surface area contributed by atoms with E-state index in [0.717, 1.165) is 42.9 Å². The quantitative estimate of drug-likeness (QED) is 0.0693. The number of nitrogens with one attached hydrogen (secondary N) is 1. The molecular weight excluding hydrogens is 882 g/mol. The molecule has 16 heteroatoms. The number of carboxylic acid groups (broad SMARTS) is 1. The van der Waals surface area contributed by atoms with Crippen molar-refractivity contribution in [3.8, 4) is 11.3 Å². The number of Topliss-reactive ketones (excluding diaryl/α,β-unsaturated/α-hetero) is 2. The van der Waals surface area contributed by atoms with Gasteiger partial charge in [-0.25, -0.2) is 4.98 Å². The lowest BCUT2D eigenvalue weighted by atomic mass is 9.81. The van der Waals surface area contributed by atoms with E-state index in [-0.39, 0.29) is 90.5 Å². The lowest BCUT2D eigenvalue weighted by Crippen LogP contribution is -2.37. The van der Waals surface area contributed by atoms with Gasteiger partial charge in [-0.1, -0.05) is 91.0 Å². The molecule has 4 aromatic rings. The second-order valence-corrected chi connectivity index (χ2v) is 16.5. The van der Waals surface area contributed by atoms with Crippen LogP contribution in [0.4, 0.5) is 0 Å². The summed E-state index contributed by atoms with van der Waals surface area (Å²) in [6.45, 7) is 0.101. The van der Waals surface area contributed by atoms with Crippen molar-refractivity contribution in [2.24, 2.45) is 35.3 Å². The van der Waals surface area contributed by atoms with Gasteiger partial charge in [-0.05, 0) is 77.0 Å². The number of oxazole rings is 1. The average Bonchev–Trinajstić information content (AvgIpc) is 3.89. The molecule has 0 aliphatic heterocycles. The molecule has 7 rings (SSSR count). The number of nitrogens with zero attached hydrogens (tertiary/aromatic N) is 1. The van der Waals surface area contributed by atoms with Gasteiger partial charge in [-0.3, -0.25) is 33.6 Å². The molecule has 0 spiro atoms. The van der Waals surface area contributed by atoms with Crippen LogP contribution in [0.1, 0.15) is 110 Å². The summed E-state index contributed by atoms with van der Waals surface area (Å²) in [7, 11) is 4.20. The van der Waals surface area contributed by atoms with Crippen LogP contribution in [0.25, 0.3) is 11.3 Å². The summed E-state index contributed by atoms with van der Waals surface area (Å²) in [6, 6.07) is 27.9. The highest BCUT2D eigenvalue weighted by molar-refractivity contribution is 5.99. The lowest BCUT2D eigenvalue weighted by Gasteiger charge is -2.25. The molecule has 0 saturated heterocycles. The SMILES string of the molecule is COC(=O)C1CCC(C(=O)NCC(=O)c2ccccc2)CC1.COC(=O)C1CCC(C(=O)O)CC1.COC(=O)C1CCC(c2ncc(-c3ccccc3)o2)CC1.Cl.NCC(=O)c1ccccc1. The van der Waals surface area contributed by atoms with Crippen LogP contribution in [-0.2, 0) is 38.2 Å². The highest BCUT2D eigenvalue weighted by Crippen LogP contribution is 2.37. The molecule has 3 aliphatic carbocycles. The predicted molar refractivity (Wildman–Crippen MR) is 252 cm³/mol. The van der Waals surface area contributed by atoms with E-state index in [1.54, 1.807) is 42.6 Å². The van der Waals surface area contributed by atoms with Crippen LogP contribution in [0.15, 0.2) is 102 Å². The molecule has 3 aliphatic rings. The van der Waals surface area contributed by atoms with Crippen LogP contribution in [0, 0.1) is 29.6 Å². The maximum atomic E-state index is 12.1. The number of halogens is 1. The van der Waals surface area contributed by atoms with Gasteiger partial charge in [0.05, 0.1) is 64.3 Å². The van der Waals surface area contributed by atoms with Gasteiger partial charge in [-0.15, -0.1) is 12.4 Å². The van der Waals surface area contributed by atoms with Crippen LogP contribution < -0.4 is 11.1 Å². The molecular formula is C51H64ClN3O12. The Morgan fingerprint density at radius 2 is 0.970 bits per heavy atom. The molecule has 0 bridgehead atoms. The summed E-state index contributed by atoms with van der Waals surface area (Å²) in [5, 5.41) is 11.4. The zero-order valence-electron chi connectivity index (χ0n) is 38.5. The number of ketones is 2. The van der Waals surface area contributed by atoms with Crippen molar-refractivity contribution >= 4 is 53.8 Å². The van der Waals surface area contributed by atoms with Gasteiger partial charge in [0.1, 0.15) is 0 Å². The van der Waals surface area contributed by atoms with E-state index < -0.39 is 5.97 Å². The monoisotopic (exact) mass is 945 g/mol. The lowest BCUT2D eigenvalue weighted by molar-refractivity contribution is -0.150. The number of aliphatic carboxylic acids is 1. The fourth-order valence-electron chi connectivity index (χ4n) is 8.24. The minimum absolute atomic E-state index is 0. The fraction of sp³-hybridized carbons (Fsp3) is 0.451. The largest absolute Gasteiger partial charge is 0.481 e. The van der Waals surface area contributed by atoms with E-state index in [9.17, 15) is 33.6 Å². The first-order valence-electron chi connectivity index (χ1n) is 22.5. The number of esters is 3. The van der Waals surface area contributed by atoms with Crippen LogP contribution in [0.3, 0.4) is 0 Å². The normalized spacial score (nSPS) is 20.6. The zero-order chi connectivity index (χ0) is 47.8. The Morgan fingerprint density at radius 1 is 0.582 bits per heavy atom. The first kappa shape index (κ1) is 55.1. The number of carboxylic acids is 1. The van der Waals surface area contributed by atoms with Gasteiger partial charge >= 0.3 is 23.9 Å². The summed E-state index contributed by atoms with van der Waals surface area (Å²) in [6.07, 6.45) is 10.4. The molecule has 0 unspecified atom stereocenters. The van der Waals surface area contributed by atoms with Gasteiger partial charge < -0.3 is 34.8 Å². The molecule has 3 fully saturated rings. The summed E-state index contributed by atoms with van der Waals surface area (Å²) >= 11 is 0. The minimum atomic E-state index is -0.747. The maximum Gasteiger partial charge on any atom is 0.308 e. The van der Waals surface area contributed by atoms with E-state index in [2.05, 4.69) is 15.0 Å². The molecule has 1 aromatic heterocycles. The Labute approximate surface area is 398 Å². The predicted octanol–water partition coefficient (Wildman–Crippen LogP) is 8.05. The number of carbonyl (C=O) groups is 7. The molecule has 3 aromatic carbocycles. The summed E-state index contributed by atoms with van der Waals surface area (Å²) in [4.78, 5) is 84.0. The third-order valence-electron chi connectivity index (χ3n) is 12.2. The van der Waals surface area contributed by atoms with Crippen molar-refractivity contribution in [3.05, 3.63) is 114 Å². The molecule has 67 heavy (non-hydrogen) atoms. The van der Waals surface area contributed by atoms with Crippen LogP contribution in [0.2, 0.25) is 0 Å². The van der Waals surface area contributed by atoms with Crippen LogP contribution in [-0.4, -0.2) is 85.9 Å². The molecule has 3 saturated carbocycles. The van der Waals surface area contributed by atoms with Crippen molar-refractivity contribution in [1.29, 1.82) is 0 Å². The number of hydrogen-bond donors (Lipinski definition) is 3. The number of benzene rings is 3. The Bertz CT molecular complexity index is 2140. The van der Waals surface area contributed by atoms with E-state index in [1.165, 1.54) is 21.3 Å². The van der Waals surface area contributed by atoms with Crippen molar-refractivity contribution in [3.63, 3.8) is 0 Å². The van der Waals surface area contributed by atoms with Crippen LogP contribution in [0.5, 0.6) is 0 Å². The number of ether oxygens (including phenoxy) is 3. The number of nitrogens with two attached hydrogens (primary N) is 1. The third-order valence-corrected chi connectivity index (χ3v) is 12.2. The van der Waals surface area contributed by atoms with Crippen molar-refractivity contribution < 1.29 is 57.3 Å². The zero-order valence-corrected chi connectivity index (χ0v) is 39.3. The Kier molecular flexibility index (Phi) is 24.2. The molecule has 4 N–H and O–H groups in total. The first-order chi connectivity index (χ1) is 31.9. The minimum Gasteiger partial charge on any atom is -0.481 e. The number of amides is 1. The number of methoxy groups -OCH3 is 3. The second-order valence-electron chi connectivity index (χ2n) is 16.5. The van der Waals surface area contributed by atoms with Gasteiger partial charge in [0, 0.05) is 28.5 Å². The van der Waals surface area contributed by atoms with Gasteiger partial charge in [0.15, 0.2) is 23.2 Å². The summed E-state index contributed by atoms with van der Waals surface area (Å²) < 4.78 is 20.0. The van der Waals surface area contributed by atoms with Crippen molar-refractivity contribution in [2.75, 3.05) is 34.4 Å². The van der Waals surface area contributed by atoms with E-state index in [0.29, 0.717) is 68.4 Å². The van der Waals surface area contributed by atoms with Crippen molar-refractivity contribution in [1.82, 2.24) is 10.3 Å². The van der Waals surface area contributed by atoms with Gasteiger partial charge in [0.2, 0.25) is 5.91 Å². The average molecular weight is 947 g/mol. The fourth-order valence-corrected chi connectivity index (χ4v) is 8.24. The molecule has 1 amide bonds. The summed E-state index contributed by atoms with van der Waals surface area (Å²) in [5.41, 5.74) is 7.48. The van der Waals surface area contributed by atoms with Gasteiger partial charge in [-0.2, -0.15) is 0 Å². The second kappa shape index (κ2) is 29.4. The molecule has 0 radical (unpaired) electrons. The molecule has 15 nitrogen and oxygen atoms in total. The standard InChI is InChI=1S/C17H21NO4.C17H19NO3.C9H14O4.C8H9NO.ClH/c1-22-17(21)14-9-7-13(8-10-14)16(20)18-11-15(19)12-5-3-2-4-6-12;1-20-17(19)14-9-7-13(8-10-14)16-18-11-15(21-16)12-5-3-2-4-6-12;1-13-9(12)7-4-2-6(3-5-7)8(10)11;9-6-8(10)7-4-2-1-3-5-7;/h2-6,13-14H,7-11H2,1H3,(H,18,20);2-6,11,13-14H,7-10H2,1H3;6-7H,2-5H2,1H3,(H,10,11);1-5H,6,9H2;1H. The molecule has 1 heterocycles. The van der Waals surface area contributed by atoms with E-state index in [4.69, 9.17) is 24.7 Å². The third kappa shape index (κ3) is 17.9. The van der Waals surface area contributed by atoms with Crippen molar-refractivity contribution in [2.45, 2.75) is 83.0 Å². The smallest absolute Gasteiger partial charge is 0.308 e. The molecule has 362 valence electrons. The van der Waals surface area contributed by atoms with E-state index >= 15 is 0 Å². The number of hydrogen-bond acceptors (Lipinski definition) is 13. The Balaban J connectivity index is 0.000000246. The Morgan fingerprint density at radius 3 is 1.39 bits per heavy atom. The van der Waals surface area contributed by atoms with Gasteiger partial charge in [0.25, 0.3) is 0 Å². The number of aromatic nitrogens is 1. The van der Waals surface area contributed by atoms with Crippen LogP contribution >= 0.6 is 12.4 Å². The Hall–Kier alpha value is -6.19. The number of rotatable bonds is 12.